The van der Waals surface area contributed by atoms with Crippen LogP contribution < -0.4 is 5.32 Å². The first-order valence-corrected chi connectivity index (χ1v) is 10.7. The summed E-state index contributed by atoms with van der Waals surface area (Å²) in [4.78, 5) is 25.3. The lowest BCUT2D eigenvalue weighted by Crippen LogP contribution is -2.30. The molecule has 1 heterocycles. The molecular weight excluding hydrogens is 398 g/mol. The third-order valence-electron chi connectivity index (χ3n) is 4.56. The summed E-state index contributed by atoms with van der Waals surface area (Å²) in [7, 11) is 0. The number of aromatic nitrogens is 2. The van der Waals surface area contributed by atoms with Crippen LogP contribution in [0, 0.1) is 13.8 Å². The number of esters is 1. The van der Waals surface area contributed by atoms with Crippen molar-refractivity contribution in [2.75, 3.05) is 18.9 Å². The zero-order chi connectivity index (χ0) is 21.3. The number of nitrogens with zero attached hydrogens (tertiary/aromatic N) is 2. The maximum atomic E-state index is 12.2. The molecule has 0 atom stereocenters. The minimum Gasteiger partial charge on any atom is -0.455 e. The van der Waals surface area contributed by atoms with E-state index in [1.54, 1.807) is 11.8 Å². The SMILES string of the molecule is Cc1nn(-c2ccccc2)c(C)c1CC(=O)OCC(=O)NCCSc1ccccc1. The van der Waals surface area contributed by atoms with Gasteiger partial charge in [-0.25, -0.2) is 4.68 Å². The number of thioether (sulfide) groups is 1. The van der Waals surface area contributed by atoms with Crippen molar-refractivity contribution < 1.29 is 14.3 Å². The molecule has 0 radical (unpaired) electrons. The van der Waals surface area contributed by atoms with E-state index in [1.807, 2.05) is 79.2 Å². The van der Waals surface area contributed by atoms with E-state index in [0.29, 0.717) is 6.54 Å². The Morgan fingerprint density at radius 3 is 2.40 bits per heavy atom. The number of aryl methyl sites for hydroxylation is 1. The molecule has 0 unspecified atom stereocenters. The normalized spacial score (nSPS) is 10.6. The molecule has 1 aromatic heterocycles. The number of carbonyl (C=O) groups excluding carboxylic acids is 2. The molecule has 7 heteroatoms. The fraction of sp³-hybridized carbons (Fsp3) is 0.261. The van der Waals surface area contributed by atoms with E-state index in [4.69, 9.17) is 4.74 Å². The Kier molecular flexibility index (Phi) is 7.68. The van der Waals surface area contributed by atoms with E-state index in [2.05, 4.69) is 10.4 Å². The van der Waals surface area contributed by atoms with Gasteiger partial charge in [0.15, 0.2) is 6.61 Å². The van der Waals surface area contributed by atoms with Crippen molar-refractivity contribution in [3.63, 3.8) is 0 Å². The van der Waals surface area contributed by atoms with Crippen molar-refractivity contribution in [3.05, 3.63) is 77.6 Å². The number of hydrogen-bond acceptors (Lipinski definition) is 5. The Balaban J connectivity index is 1.43. The summed E-state index contributed by atoms with van der Waals surface area (Å²) in [6.07, 6.45) is 0.0850. The number of ether oxygens (including phenoxy) is 1. The number of nitrogens with one attached hydrogen (secondary N) is 1. The quantitative estimate of drug-likeness (QED) is 0.324. The van der Waals surface area contributed by atoms with Crippen LogP contribution in [0.1, 0.15) is 17.0 Å². The molecule has 6 nitrogen and oxygen atoms in total. The second kappa shape index (κ2) is 10.6. The zero-order valence-corrected chi connectivity index (χ0v) is 17.9. The molecule has 0 aliphatic heterocycles. The lowest BCUT2D eigenvalue weighted by Gasteiger charge is -2.07. The lowest BCUT2D eigenvalue weighted by molar-refractivity contribution is -0.147. The number of hydrogen-bond donors (Lipinski definition) is 1. The second-order valence-corrected chi connectivity index (χ2v) is 7.91. The van der Waals surface area contributed by atoms with Gasteiger partial charge in [-0.15, -0.1) is 11.8 Å². The van der Waals surface area contributed by atoms with Crippen LogP contribution in [-0.2, 0) is 20.7 Å². The highest BCUT2D eigenvalue weighted by molar-refractivity contribution is 7.99. The molecule has 3 rings (SSSR count). The van der Waals surface area contributed by atoms with Gasteiger partial charge < -0.3 is 10.1 Å². The first-order valence-electron chi connectivity index (χ1n) is 9.75. The van der Waals surface area contributed by atoms with Crippen LogP contribution >= 0.6 is 11.8 Å². The van der Waals surface area contributed by atoms with Crippen LogP contribution in [0.25, 0.3) is 5.69 Å². The van der Waals surface area contributed by atoms with Crippen LogP contribution in [0.3, 0.4) is 0 Å². The van der Waals surface area contributed by atoms with Crippen molar-refractivity contribution in [3.8, 4) is 5.69 Å². The fourth-order valence-electron chi connectivity index (χ4n) is 3.02. The summed E-state index contributed by atoms with van der Waals surface area (Å²) in [6, 6.07) is 19.7. The molecule has 0 saturated carbocycles. The van der Waals surface area contributed by atoms with Gasteiger partial charge in [-0.3, -0.25) is 9.59 Å². The van der Waals surface area contributed by atoms with Crippen LogP contribution in [0.4, 0.5) is 0 Å². The van der Waals surface area contributed by atoms with E-state index < -0.39 is 5.97 Å². The molecule has 2 aromatic carbocycles. The highest BCUT2D eigenvalue weighted by atomic mass is 32.2. The average molecular weight is 424 g/mol. The summed E-state index contributed by atoms with van der Waals surface area (Å²) in [5.74, 6) is 0.00822. The molecule has 0 aliphatic carbocycles. The summed E-state index contributed by atoms with van der Waals surface area (Å²) in [6.45, 7) is 4.02. The Hall–Kier alpha value is -3.06. The second-order valence-electron chi connectivity index (χ2n) is 6.75. The Labute approximate surface area is 180 Å². The van der Waals surface area contributed by atoms with Crippen molar-refractivity contribution in [2.45, 2.75) is 25.2 Å². The van der Waals surface area contributed by atoms with Crippen LogP contribution in [0.15, 0.2) is 65.6 Å². The van der Waals surface area contributed by atoms with Crippen molar-refractivity contribution >= 4 is 23.6 Å². The number of para-hydroxylation sites is 1. The Morgan fingerprint density at radius 1 is 1.03 bits per heavy atom. The molecule has 1 N–H and O–H groups in total. The highest BCUT2D eigenvalue weighted by Gasteiger charge is 2.17. The first kappa shape index (κ1) is 21.6. The molecule has 0 aliphatic rings. The van der Waals surface area contributed by atoms with E-state index in [-0.39, 0.29) is 18.9 Å². The topological polar surface area (TPSA) is 73.2 Å². The van der Waals surface area contributed by atoms with Gasteiger partial charge in [0.1, 0.15) is 0 Å². The van der Waals surface area contributed by atoms with Gasteiger partial charge in [0.2, 0.25) is 0 Å². The summed E-state index contributed by atoms with van der Waals surface area (Å²) in [5, 5.41) is 7.30. The van der Waals surface area contributed by atoms with Gasteiger partial charge >= 0.3 is 5.97 Å². The van der Waals surface area contributed by atoms with Gasteiger partial charge in [-0.2, -0.15) is 5.10 Å². The third kappa shape index (κ3) is 5.97. The fourth-order valence-corrected chi connectivity index (χ4v) is 3.81. The van der Waals surface area contributed by atoms with E-state index in [1.165, 1.54) is 0 Å². The molecular formula is C23H25N3O3S. The number of benzene rings is 2. The number of amides is 1. The van der Waals surface area contributed by atoms with Crippen LogP contribution in [0.2, 0.25) is 0 Å². The minimum atomic E-state index is -0.442. The van der Waals surface area contributed by atoms with Gasteiger partial charge in [0.05, 0.1) is 17.8 Å². The smallest absolute Gasteiger partial charge is 0.310 e. The van der Waals surface area contributed by atoms with Gasteiger partial charge in [0, 0.05) is 28.5 Å². The largest absolute Gasteiger partial charge is 0.455 e. The van der Waals surface area contributed by atoms with Crippen LogP contribution in [0.5, 0.6) is 0 Å². The van der Waals surface area contributed by atoms with Crippen molar-refractivity contribution in [1.29, 1.82) is 0 Å². The van der Waals surface area contributed by atoms with E-state index in [0.717, 1.165) is 33.3 Å². The number of rotatable bonds is 9. The Bertz CT molecular complexity index is 988. The highest BCUT2D eigenvalue weighted by Crippen LogP contribution is 2.19. The maximum Gasteiger partial charge on any atom is 0.310 e. The van der Waals surface area contributed by atoms with Gasteiger partial charge in [-0.05, 0) is 38.1 Å². The summed E-state index contributed by atoms with van der Waals surface area (Å²) >= 11 is 1.66. The van der Waals surface area contributed by atoms with Crippen molar-refractivity contribution in [2.24, 2.45) is 0 Å². The van der Waals surface area contributed by atoms with Gasteiger partial charge in [-0.1, -0.05) is 36.4 Å². The standard InChI is InChI=1S/C23H25N3O3S/c1-17-21(18(2)26(25-17)19-9-5-3-6-10-19)15-23(28)29-16-22(27)24-13-14-30-20-11-7-4-8-12-20/h3-12H,13-16H2,1-2H3,(H,24,27). The monoisotopic (exact) mass is 423 g/mol. The number of carbonyl (C=O) groups is 2. The predicted octanol–water partition coefficient (Wildman–Crippen LogP) is 3.48. The lowest BCUT2D eigenvalue weighted by atomic mass is 10.1. The predicted molar refractivity (Wildman–Crippen MR) is 118 cm³/mol. The minimum absolute atomic E-state index is 0.0850. The summed E-state index contributed by atoms with van der Waals surface area (Å²) in [5.41, 5.74) is 3.42. The summed E-state index contributed by atoms with van der Waals surface area (Å²) < 4.78 is 6.97. The first-order chi connectivity index (χ1) is 14.5. The van der Waals surface area contributed by atoms with E-state index in [9.17, 15) is 9.59 Å². The molecule has 0 bridgehead atoms. The average Bonchev–Trinajstić information content (AvgIpc) is 3.05. The Morgan fingerprint density at radius 2 is 1.70 bits per heavy atom. The zero-order valence-electron chi connectivity index (χ0n) is 17.1. The molecule has 1 amide bonds. The van der Waals surface area contributed by atoms with E-state index >= 15 is 0 Å². The molecule has 0 saturated heterocycles. The van der Waals surface area contributed by atoms with Crippen LogP contribution in [-0.4, -0.2) is 40.6 Å². The molecule has 30 heavy (non-hydrogen) atoms. The molecule has 0 fully saturated rings. The third-order valence-corrected chi connectivity index (χ3v) is 5.58. The van der Waals surface area contributed by atoms with Crippen molar-refractivity contribution in [1.82, 2.24) is 15.1 Å². The van der Waals surface area contributed by atoms with Gasteiger partial charge in [0.25, 0.3) is 5.91 Å². The molecule has 0 spiro atoms. The molecule has 156 valence electrons. The molecule has 3 aromatic rings. The maximum absolute atomic E-state index is 12.2.